The van der Waals surface area contributed by atoms with Crippen LogP contribution >= 0.6 is 0 Å². The second kappa shape index (κ2) is 14.4. The zero-order chi connectivity index (χ0) is 24.9. The van der Waals surface area contributed by atoms with Crippen molar-refractivity contribution in [2.24, 2.45) is 5.92 Å². The minimum absolute atomic E-state index is 0.251. The first kappa shape index (κ1) is 26.5. The number of carbonyl (C=O) groups is 2. The van der Waals surface area contributed by atoms with E-state index in [1.807, 2.05) is 54.6 Å². The third kappa shape index (κ3) is 9.25. The van der Waals surface area contributed by atoms with Gasteiger partial charge in [0.1, 0.15) is 19.0 Å². The van der Waals surface area contributed by atoms with Crippen LogP contribution in [0.4, 0.5) is 4.79 Å². The molecule has 1 amide bonds. The van der Waals surface area contributed by atoms with E-state index in [0.717, 1.165) is 17.5 Å². The van der Waals surface area contributed by atoms with E-state index in [9.17, 15) is 14.7 Å². The van der Waals surface area contributed by atoms with Crippen LogP contribution in [-0.4, -0.2) is 54.5 Å². The first-order chi connectivity index (χ1) is 17.0. The Morgan fingerprint density at radius 2 is 1.71 bits per heavy atom. The molecule has 0 heterocycles. The minimum atomic E-state index is -0.968. The van der Waals surface area contributed by atoms with Gasteiger partial charge < -0.3 is 24.2 Å². The maximum atomic E-state index is 12.8. The van der Waals surface area contributed by atoms with Gasteiger partial charge in [-0.25, -0.2) is 9.59 Å². The van der Waals surface area contributed by atoms with Crippen molar-refractivity contribution in [1.82, 2.24) is 4.90 Å². The standard InChI is InChI=1S/C28H37NO6/c1-2-33-26(27(30)31)20-23-12-14-25(15-13-23)34-19-18-29(17-16-22-8-6-7-9-22)28(32)35-21-24-10-4-3-5-11-24/h3-5,10-15,22,26H,2,6-9,16-21H2,1H3,(H,30,31). The van der Waals surface area contributed by atoms with Gasteiger partial charge >= 0.3 is 12.1 Å². The third-order valence-corrected chi connectivity index (χ3v) is 6.36. The second-order valence-corrected chi connectivity index (χ2v) is 8.95. The lowest BCUT2D eigenvalue weighted by Crippen LogP contribution is -2.36. The Bertz CT molecular complexity index is 895. The van der Waals surface area contributed by atoms with Gasteiger partial charge in [-0.15, -0.1) is 0 Å². The molecule has 1 unspecified atom stereocenters. The van der Waals surface area contributed by atoms with Gasteiger partial charge in [0.15, 0.2) is 6.10 Å². The molecule has 0 aromatic heterocycles. The number of hydrogen-bond donors (Lipinski definition) is 1. The Morgan fingerprint density at radius 3 is 2.37 bits per heavy atom. The summed E-state index contributed by atoms with van der Waals surface area (Å²) in [5.74, 6) is 0.383. The number of carboxylic acid groups (broad SMARTS) is 1. The highest BCUT2D eigenvalue weighted by atomic mass is 16.6. The van der Waals surface area contributed by atoms with Crippen LogP contribution in [-0.2, 0) is 27.3 Å². The zero-order valence-corrected chi connectivity index (χ0v) is 20.6. The first-order valence-corrected chi connectivity index (χ1v) is 12.6. The summed E-state index contributed by atoms with van der Waals surface area (Å²) < 4.78 is 16.7. The lowest BCUT2D eigenvalue weighted by atomic mass is 10.0. The van der Waals surface area contributed by atoms with Crippen molar-refractivity contribution in [2.45, 2.75) is 58.2 Å². The molecule has 7 heteroatoms. The molecule has 0 bridgehead atoms. The zero-order valence-electron chi connectivity index (χ0n) is 20.6. The lowest BCUT2D eigenvalue weighted by molar-refractivity contribution is -0.149. The SMILES string of the molecule is CCOC(Cc1ccc(OCCN(CCC2CCCC2)C(=O)OCc2ccccc2)cc1)C(=O)O. The van der Waals surface area contributed by atoms with Crippen LogP contribution in [0.15, 0.2) is 54.6 Å². The summed E-state index contributed by atoms with van der Waals surface area (Å²) in [6.45, 7) is 3.83. The van der Waals surface area contributed by atoms with E-state index in [2.05, 4.69) is 0 Å². The molecule has 35 heavy (non-hydrogen) atoms. The molecule has 1 fully saturated rings. The van der Waals surface area contributed by atoms with E-state index in [1.165, 1.54) is 25.7 Å². The van der Waals surface area contributed by atoms with E-state index in [0.29, 0.717) is 44.4 Å². The van der Waals surface area contributed by atoms with E-state index >= 15 is 0 Å². The largest absolute Gasteiger partial charge is 0.492 e. The van der Waals surface area contributed by atoms with Crippen LogP contribution in [0.3, 0.4) is 0 Å². The topological polar surface area (TPSA) is 85.3 Å². The number of benzene rings is 2. The first-order valence-electron chi connectivity index (χ1n) is 12.6. The molecule has 1 aliphatic rings. The van der Waals surface area contributed by atoms with E-state index in [4.69, 9.17) is 14.2 Å². The maximum absolute atomic E-state index is 12.8. The molecule has 0 saturated heterocycles. The van der Waals surface area contributed by atoms with Crippen LogP contribution in [0.2, 0.25) is 0 Å². The molecule has 7 nitrogen and oxygen atoms in total. The van der Waals surface area contributed by atoms with Gasteiger partial charge in [0.25, 0.3) is 0 Å². The fourth-order valence-corrected chi connectivity index (χ4v) is 4.37. The van der Waals surface area contributed by atoms with Gasteiger partial charge in [0.05, 0.1) is 6.54 Å². The van der Waals surface area contributed by atoms with Gasteiger partial charge in [-0.2, -0.15) is 0 Å². The summed E-state index contributed by atoms with van der Waals surface area (Å²) >= 11 is 0. The van der Waals surface area contributed by atoms with Crippen molar-refractivity contribution in [2.75, 3.05) is 26.3 Å². The highest BCUT2D eigenvalue weighted by Gasteiger charge is 2.21. The molecule has 0 aliphatic heterocycles. The number of amides is 1. The number of rotatable bonds is 14. The summed E-state index contributed by atoms with van der Waals surface area (Å²) in [4.78, 5) is 25.8. The summed E-state index contributed by atoms with van der Waals surface area (Å²) in [5, 5.41) is 9.26. The number of nitrogens with zero attached hydrogens (tertiary/aromatic N) is 1. The van der Waals surface area contributed by atoms with Crippen molar-refractivity contribution in [3.05, 3.63) is 65.7 Å². The van der Waals surface area contributed by atoms with E-state index < -0.39 is 12.1 Å². The predicted molar refractivity (Wildman–Crippen MR) is 133 cm³/mol. The monoisotopic (exact) mass is 483 g/mol. The third-order valence-electron chi connectivity index (χ3n) is 6.36. The van der Waals surface area contributed by atoms with Crippen molar-refractivity contribution in [3.63, 3.8) is 0 Å². The van der Waals surface area contributed by atoms with Crippen molar-refractivity contribution in [1.29, 1.82) is 0 Å². The Balaban J connectivity index is 1.49. The van der Waals surface area contributed by atoms with Gasteiger partial charge in [0.2, 0.25) is 0 Å². The summed E-state index contributed by atoms with van der Waals surface area (Å²) in [6, 6.07) is 17.0. The minimum Gasteiger partial charge on any atom is -0.492 e. The van der Waals surface area contributed by atoms with E-state index in [-0.39, 0.29) is 12.7 Å². The van der Waals surface area contributed by atoms with Gasteiger partial charge in [-0.1, -0.05) is 68.1 Å². The smallest absolute Gasteiger partial charge is 0.410 e. The van der Waals surface area contributed by atoms with Crippen molar-refractivity contribution < 1.29 is 28.9 Å². The fraction of sp³-hybridized carbons (Fsp3) is 0.500. The quantitative estimate of drug-likeness (QED) is 0.392. The Kier molecular flexibility index (Phi) is 10.9. The average Bonchev–Trinajstić information content (AvgIpc) is 3.39. The van der Waals surface area contributed by atoms with Crippen LogP contribution in [0.1, 0.15) is 50.2 Å². The average molecular weight is 484 g/mol. The van der Waals surface area contributed by atoms with Gasteiger partial charge in [0, 0.05) is 19.6 Å². The molecule has 0 spiro atoms. The summed E-state index contributed by atoms with van der Waals surface area (Å²) in [7, 11) is 0. The molecule has 0 radical (unpaired) electrons. The normalized spacial score (nSPS) is 14.4. The molecule has 1 aliphatic carbocycles. The van der Waals surface area contributed by atoms with Crippen molar-refractivity contribution in [3.8, 4) is 5.75 Å². The molecular formula is C28H37NO6. The second-order valence-electron chi connectivity index (χ2n) is 8.95. The maximum Gasteiger partial charge on any atom is 0.410 e. The van der Waals surface area contributed by atoms with Crippen LogP contribution in [0, 0.1) is 5.92 Å². The molecule has 1 saturated carbocycles. The lowest BCUT2D eigenvalue weighted by Gasteiger charge is -2.24. The van der Waals surface area contributed by atoms with Crippen LogP contribution < -0.4 is 4.74 Å². The Hall–Kier alpha value is -3.06. The van der Waals surface area contributed by atoms with Gasteiger partial charge in [-0.05, 0) is 42.5 Å². The molecule has 3 rings (SSSR count). The number of aliphatic carboxylic acids is 1. The molecule has 190 valence electrons. The highest BCUT2D eigenvalue weighted by Crippen LogP contribution is 2.27. The van der Waals surface area contributed by atoms with Crippen LogP contribution in [0.25, 0.3) is 0 Å². The number of hydrogen-bond acceptors (Lipinski definition) is 5. The molecule has 1 atom stereocenters. The Labute approximate surface area is 208 Å². The van der Waals surface area contributed by atoms with Crippen LogP contribution in [0.5, 0.6) is 5.75 Å². The highest BCUT2D eigenvalue weighted by molar-refractivity contribution is 5.72. The summed E-state index contributed by atoms with van der Waals surface area (Å²) in [5.41, 5.74) is 1.82. The molecule has 1 N–H and O–H groups in total. The number of carbonyl (C=O) groups excluding carboxylic acids is 1. The van der Waals surface area contributed by atoms with Gasteiger partial charge in [-0.3, -0.25) is 0 Å². The molecule has 2 aromatic rings. The van der Waals surface area contributed by atoms with E-state index in [1.54, 1.807) is 11.8 Å². The predicted octanol–water partition coefficient (Wildman–Crippen LogP) is 5.32. The number of ether oxygens (including phenoxy) is 3. The van der Waals surface area contributed by atoms with Crippen molar-refractivity contribution >= 4 is 12.1 Å². The Morgan fingerprint density at radius 1 is 1.00 bits per heavy atom. The molecule has 2 aromatic carbocycles. The summed E-state index contributed by atoms with van der Waals surface area (Å²) in [6.07, 6.45) is 5.14. The fourth-order valence-electron chi connectivity index (χ4n) is 4.37. The number of carboxylic acids is 1. The molecular weight excluding hydrogens is 446 g/mol.